The molecule has 2 aromatic rings. The Hall–Kier alpha value is -1.61. The molecule has 0 atom stereocenters. The SMILES string of the molecule is Cc1ncc(CN)n1Cc1ccccc1. The molecule has 15 heavy (non-hydrogen) atoms. The summed E-state index contributed by atoms with van der Waals surface area (Å²) in [5, 5.41) is 0. The van der Waals surface area contributed by atoms with Crippen LogP contribution in [0, 0.1) is 6.92 Å². The predicted molar refractivity (Wildman–Crippen MR) is 60.4 cm³/mol. The van der Waals surface area contributed by atoms with E-state index in [2.05, 4.69) is 21.7 Å². The summed E-state index contributed by atoms with van der Waals surface area (Å²) >= 11 is 0. The average molecular weight is 201 g/mol. The van der Waals surface area contributed by atoms with Crippen molar-refractivity contribution in [2.24, 2.45) is 5.73 Å². The minimum atomic E-state index is 0.535. The molecule has 0 spiro atoms. The van der Waals surface area contributed by atoms with Crippen molar-refractivity contribution in [2.45, 2.75) is 20.0 Å². The number of aromatic nitrogens is 2. The maximum absolute atomic E-state index is 5.66. The molecule has 0 aliphatic carbocycles. The number of benzene rings is 1. The molecule has 1 heterocycles. The first-order chi connectivity index (χ1) is 7.31. The van der Waals surface area contributed by atoms with E-state index in [0.717, 1.165) is 18.1 Å². The van der Waals surface area contributed by atoms with Gasteiger partial charge in [0.05, 0.1) is 5.69 Å². The van der Waals surface area contributed by atoms with Crippen LogP contribution in [0.2, 0.25) is 0 Å². The highest BCUT2D eigenvalue weighted by atomic mass is 15.1. The molecule has 0 saturated carbocycles. The number of aryl methyl sites for hydroxylation is 1. The fraction of sp³-hybridized carbons (Fsp3) is 0.250. The van der Waals surface area contributed by atoms with Crippen LogP contribution in [0.1, 0.15) is 17.1 Å². The molecule has 0 unspecified atom stereocenters. The number of hydrogen-bond donors (Lipinski definition) is 1. The maximum atomic E-state index is 5.66. The number of hydrogen-bond acceptors (Lipinski definition) is 2. The van der Waals surface area contributed by atoms with Crippen LogP contribution in [0.25, 0.3) is 0 Å². The zero-order valence-corrected chi connectivity index (χ0v) is 8.85. The Morgan fingerprint density at radius 2 is 2.00 bits per heavy atom. The predicted octanol–water partition coefficient (Wildman–Crippen LogP) is 1.70. The van der Waals surface area contributed by atoms with Crippen molar-refractivity contribution in [3.8, 4) is 0 Å². The number of nitrogens with zero attached hydrogens (tertiary/aromatic N) is 2. The molecule has 0 saturated heterocycles. The van der Waals surface area contributed by atoms with E-state index < -0.39 is 0 Å². The fourth-order valence-electron chi connectivity index (χ4n) is 1.66. The summed E-state index contributed by atoms with van der Waals surface area (Å²) in [5.41, 5.74) is 8.01. The monoisotopic (exact) mass is 201 g/mol. The molecule has 0 radical (unpaired) electrons. The summed E-state index contributed by atoms with van der Waals surface area (Å²) in [4.78, 5) is 4.27. The molecule has 2 rings (SSSR count). The Morgan fingerprint density at radius 3 is 2.67 bits per heavy atom. The summed E-state index contributed by atoms with van der Waals surface area (Å²) in [6.07, 6.45) is 1.85. The molecule has 2 N–H and O–H groups in total. The molecule has 0 amide bonds. The minimum absolute atomic E-state index is 0.535. The van der Waals surface area contributed by atoms with Gasteiger partial charge in [0.15, 0.2) is 0 Å². The van der Waals surface area contributed by atoms with Crippen LogP contribution in [0.5, 0.6) is 0 Å². The topological polar surface area (TPSA) is 43.8 Å². The Kier molecular flexibility index (Phi) is 2.83. The molecule has 78 valence electrons. The second-order valence-electron chi connectivity index (χ2n) is 3.57. The average Bonchev–Trinajstić information content (AvgIpc) is 2.62. The van der Waals surface area contributed by atoms with Gasteiger partial charge in [0.25, 0.3) is 0 Å². The third-order valence-electron chi connectivity index (χ3n) is 2.53. The van der Waals surface area contributed by atoms with Crippen molar-refractivity contribution >= 4 is 0 Å². The van der Waals surface area contributed by atoms with E-state index in [-0.39, 0.29) is 0 Å². The summed E-state index contributed by atoms with van der Waals surface area (Å²) in [6.45, 7) is 3.38. The van der Waals surface area contributed by atoms with E-state index in [0.29, 0.717) is 6.54 Å². The van der Waals surface area contributed by atoms with Gasteiger partial charge in [-0.15, -0.1) is 0 Å². The minimum Gasteiger partial charge on any atom is -0.327 e. The van der Waals surface area contributed by atoms with Gasteiger partial charge in [0.1, 0.15) is 5.82 Å². The molecule has 3 heteroatoms. The normalized spacial score (nSPS) is 10.5. The van der Waals surface area contributed by atoms with E-state index in [9.17, 15) is 0 Å². The van der Waals surface area contributed by atoms with Crippen LogP contribution in [0.3, 0.4) is 0 Å². The molecular weight excluding hydrogens is 186 g/mol. The maximum Gasteiger partial charge on any atom is 0.106 e. The highest BCUT2D eigenvalue weighted by Gasteiger charge is 2.04. The van der Waals surface area contributed by atoms with Gasteiger partial charge < -0.3 is 10.3 Å². The quantitative estimate of drug-likeness (QED) is 0.821. The second kappa shape index (κ2) is 4.28. The number of nitrogens with two attached hydrogens (primary N) is 1. The first-order valence-corrected chi connectivity index (χ1v) is 5.06. The van der Waals surface area contributed by atoms with Crippen LogP contribution in [0.4, 0.5) is 0 Å². The van der Waals surface area contributed by atoms with E-state index in [1.807, 2.05) is 31.3 Å². The van der Waals surface area contributed by atoms with Crippen LogP contribution in [0.15, 0.2) is 36.5 Å². The summed E-state index contributed by atoms with van der Waals surface area (Å²) in [6, 6.07) is 10.3. The van der Waals surface area contributed by atoms with Gasteiger partial charge in [-0.2, -0.15) is 0 Å². The summed E-state index contributed by atoms with van der Waals surface area (Å²) in [7, 11) is 0. The molecular formula is C12H15N3. The zero-order chi connectivity index (χ0) is 10.7. The van der Waals surface area contributed by atoms with Gasteiger partial charge in [-0.1, -0.05) is 30.3 Å². The van der Waals surface area contributed by atoms with Crippen molar-refractivity contribution in [2.75, 3.05) is 0 Å². The van der Waals surface area contributed by atoms with Crippen molar-refractivity contribution in [1.29, 1.82) is 0 Å². The van der Waals surface area contributed by atoms with Crippen LogP contribution in [-0.4, -0.2) is 9.55 Å². The first-order valence-electron chi connectivity index (χ1n) is 5.06. The molecule has 0 bridgehead atoms. The second-order valence-corrected chi connectivity index (χ2v) is 3.57. The fourth-order valence-corrected chi connectivity index (χ4v) is 1.66. The Labute approximate surface area is 89.6 Å². The van der Waals surface area contributed by atoms with Crippen molar-refractivity contribution < 1.29 is 0 Å². The van der Waals surface area contributed by atoms with E-state index in [1.54, 1.807) is 0 Å². The van der Waals surface area contributed by atoms with Crippen molar-refractivity contribution in [3.05, 3.63) is 53.6 Å². The third-order valence-corrected chi connectivity index (χ3v) is 2.53. The molecule has 1 aromatic carbocycles. The van der Waals surface area contributed by atoms with Crippen LogP contribution >= 0.6 is 0 Å². The van der Waals surface area contributed by atoms with Crippen LogP contribution in [-0.2, 0) is 13.1 Å². The zero-order valence-electron chi connectivity index (χ0n) is 8.85. The molecule has 3 nitrogen and oxygen atoms in total. The number of imidazole rings is 1. The Balaban J connectivity index is 2.27. The van der Waals surface area contributed by atoms with Crippen LogP contribution < -0.4 is 5.73 Å². The highest BCUT2D eigenvalue weighted by Crippen LogP contribution is 2.08. The summed E-state index contributed by atoms with van der Waals surface area (Å²) in [5.74, 6) is 1.01. The Morgan fingerprint density at radius 1 is 1.27 bits per heavy atom. The largest absolute Gasteiger partial charge is 0.327 e. The van der Waals surface area contributed by atoms with E-state index >= 15 is 0 Å². The highest BCUT2D eigenvalue weighted by molar-refractivity contribution is 5.17. The van der Waals surface area contributed by atoms with Gasteiger partial charge in [-0.05, 0) is 12.5 Å². The van der Waals surface area contributed by atoms with Gasteiger partial charge in [-0.25, -0.2) is 4.98 Å². The lowest BCUT2D eigenvalue weighted by Gasteiger charge is -2.08. The molecule has 0 fully saturated rings. The standard InChI is InChI=1S/C12H15N3/c1-10-14-8-12(7-13)15(10)9-11-5-3-2-4-6-11/h2-6,8H,7,9,13H2,1H3. The smallest absolute Gasteiger partial charge is 0.106 e. The molecule has 0 aliphatic rings. The summed E-state index contributed by atoms with van der Waals surface area (Å²) < 4.78 is 2.15. The first kappa shape index (κ1) is 9.93. The third kappa shape index (κ3) is 2.07. The molecule has 0 aliphatic heterocycles. The molecule has 1 aromatic heterocycles. The van der Waals surface area contributed by atoms with E-state index in [1.165, 1.54) is 5.56 Å². The lowest BCUT2D eigenvalue weighted by Crippen LogP contribution is -2.09. The van der Waals surface area contributed by atoms with E-state index in [4.69, 9.17) is 5.73 Å². The van der Waals surface area contributed by atoms with Crippen molar-refractivity contribution in [1.82, 2.24) is 9.55 Å². The van der Waals surface area contributed by atoms with Gasteiger partial charge in [-0.3, -0.25) is 0 Å². The van der Waals surface area contributed by atoms with Gasteiger partial charge >= 0.3 is 0 Å². The Bertz CT molecular complexity index is 431. The van der Waals surface area contributed by atoms with Gasteiger partial charge in [0.2, 0.25) is 0 Å². The van der Waals surface area contributed by atoms with Gasteiger partial charge in [0, 0.05) is 19.3 Å². The lowest BCUT2D eigenvalue weighted by atomic mass is 10.2. The lowest BCUT2D eigenvalue weighted by molar-refractivity contribution is 0.713. The number of rotatable bonds is 3. The van der Waals surface area contributed by atoms with Crippen molar-refractivity contribution in [3.63, 3.8) is 0 Å².